The van der Waals surface area contributed by atoms with Crippen LogP contribution in [0.5, 0.6) is 0 Å². The lowest BCUT2D eigenvalue weighted by Gasteiger charge is -2.06. The van der Waals surface area contributed by atoms with Gasteiger partial charge in [0.15, 0.2) is 0 Å². The molecule has 0 bridgehead atoms. The van der Waals surface area contributed by atoms with E-state index >= 15 is 0 Å². The van der Waals surface area contributed by atoms with E-state index in [1.807, 2.05) is 42.5 Å². The molecule has 3 aromatic carbocycles. The Morgan fingerprint density at radius 3 is 2.22 bits per heavy atom. The molecule has 0 amide bonds. The smallest absolute Gasteiger partial charge is 0.416 e. The maximum atomic E-state index is 12.6. The van der Waals surface area contributed by atoms with E-state index in [1.165, 1.54) is 12.1 Å². The predicted octanol–water partition coefficient (Wildman–Crippen LogP) is 6.27. The van der Waals surface area contributed by atoms with E-state index in [0.717, 1.165) is 33.9 Å². The van der Waals surface area contributed by atoms with Crippen molar-refractivity contribution in [3.05, 3.63) is 72.3 Å². The van der Waals surface area contributed by atoms with Gasteiger partial charge in [-0.2, -0.15) is 13.2 Å². The van der Waals surface area contributed by atoms with Gasteiger partial charge in [0, 0.05) is 10.9 Å². The molecule has 0 radical (unpaired) electrons. The number of hydrogen-bond donors (Lipinski definition) is 0. The maximum absolute atomic E-state index is 12.6. The Morgan fingerprint density at radius 1 is 0.739 bits per heavy atom. The first kappa shape index (κ1) is 13.9. The molecule has 4 rings (SSSR count). The molecule has 0 fully saturated rings. The third kappa shape index (κ3) is 2.36. The topological polar surface area (TPSA) is 13.1 Å². The van der Waals surface area contributed by atoms with Gasteiger partial charge < -0.3 is 4.42 Å². The Balaban J connectivity index is 1.84. The fraction of sp³-hybridized carbons (Fsp3) is 0.0526. The second-order valence-corrected chi connectivity index (χ2v) is 5.38. The molecule has 1 nitrogen and oxygen atoms in total. The number of furan rings is 1. The molecule has 0 aliphatic heterocycles. The zero-order valence-electron chi connectivity index (χ0n) is 11.9. The van der Waals surface area contributed by atoms with Crippen LogP contribution in [0.25, 0.3) is 33.1 Å². The Labute approximate surface area is 130 Å². The molecule has 1 heterocycles. The number of hydrogen-bond acceptors (Lipinski definition) is 1. The third-order valence-corrected chi connectivity index (χ3v) is 3.92. The van der Waals surface area contributed by atoms with Crippen LogP contribution in [0.15, 0.2) is 71.1 Å². The molecule has 1 aromatic heterocycles. The van der Waals surface area contributed by atoms with Gasteiger partial charge in [-0.25, -0.2) is 0 Å². The van der Waals surface area contributed by atoms with Crippen LogP contribution in [0.4, 0.5) is 13.2 Å². The van der Waals surface area contributed by atoms with Crippen molar-refractivity contribution in [2.75, 3.05) is 0 Å². The molecule has 0 atom stereocenters. The van der Waals surface area contributed by atoms with Gasteiger partial charge in [0.1, 0.15) is 11.3 Å². The summed E-state index contributed by atoms with van der Waals surface area (Å²) in [6.07, 6.45) is -4.33. The Hall–Kier alpha value is -2.75. The van der Waals surface area contributed by atoms with Crippen molar-refractivity contribution >= 4 is 21.7 Å². The third-order valence-electron chi connectivity index (χ3n) is 3.92. The van der Waals surface area contributed by atoms with E-state index in [2.05, 4.69) is 0 Å². The molecule has 0 aliphatic carbocycles. The van der Waals surface area contributed by atoms with Gasteiger partial charge in [-0.05, 0) is 35.0 Å². The van der Waals surface area contributed by atoms with E-state index in [9.17, 15) is 13.2 Å². The summed E-state index contributed by atoms with van der Waals surface area (Å²) in [5.41, 5.74) is 0.680. The first-order chi connectivity index (χ1) is 11.0. The molecule has 4 heteroatoms. The fourth-order valence-corrected chi connectivity index (χ4v) is 2.76. The van der Waals surface area contributed by atoms with Crippen molar-refractivity contribution in [2.24, 2.45) is 0 Å². The standard InChI is InChI=1S/C19H11F3O/c20-19(21,22)14-8-5-13(6-9-14)18-11-16-15-4-2-1-3-12(15)7-10-17(16)23-18/h1-11H. The minimum Gasteiger partial charge on any atom is -0.456 e. The highest BCUT2D eigenvalue weighted by atomic mass is 19.4. The van der Waals surface area contributed by atoms with Crippen molar-refractivity contribution in [2.45, 2.75) is 6.18 Å². The van der Waals surface area contributed by atoms with Gasteiger partial charge in [-0.3, -0.25) is 0 Å². The van der Waals surface area contributed by atoms with Gasteiger partial charge in [0.25, 0.3) is 0 Å². The van der Waals surface area contributed by atoms with E-state index in [0.29, 0.717) is 11.3 Å². The molecule has 0 saturated heterocycles. The van der Waals surface area contributed by atoms with Crippen LogP contribution in [0, 0.1) is 0 Å². The van der Waals surface area contributed by atoms with Crippen molar-refractivity contribution in [3.8, 4) is 11.3 Å². The van der Waals surface area contributed by atoms with E-state index in [4.69, 9.17) is 4.42 Å². The number of halogens is 3. The monoisotopic (exact) mass is 312 g/mol. The second kappa shape index (κ2) is 4.88. The van der Waals surface area contributed by atoms with Gasteiger partial charge in [-0.1, -0.05) is 42.5 Å². The van der Waals surface area contributed by atoms with Crippen LogP contribution in [0.2, 0.25) is 0 Å². The van der Waals surface area contributed by atoms with Crippen LogP contribution >= 0.6 is 0 Å². The molecule has 0 spiro atoms. The number of benzene rings is 3. The van der Waals surface area contributed by atoms with Crippen molar-refractivity contribution < 1.29 is 17.6 Å². The number of rotatable bonds is 1. The molecule has 0 aliphatic rings. The molecule has 0 N–H and O–H groups in total. The lowest BCUT2D eigenvalue weighted by molar-refractivity contribution is -0.137. The van der Waals surface area contributed by atoms with Crippen LogP contribution in [-0.2, 0) is 6.18 Å². The average Bonchev–Trinajstić information content (AvgIpc) is 2.99. The minimum absolute atomic E-state index is 0.560. The van der Waals surface area contributed by atoms with Gasteiger partial charge in [-0.15, -0.1) is 0 Å². The first-order valence-electron chi connectivity index (χ1n) is 7.11. The van der Waals surface area contributed by atoms with Gasteiger partial charge in [0.05, 0.1) is 5.56 Å². The summed E-state index contributed by atoms with van der Waals surface area (Å²) in [5, 5.41) is 3.12. The maximum Gasteiger partial charge on any atom is 0.416 e. The van der Waals surface area contributed by atoms with Gasteiger partial charge in [0.2, 0.25) is 0 Å². The molecule has 114 valence electrons. The van der Waals surface area contributed by atoms with Crippen molar-refractivity contribution in [1.82, 2.24) is 0 Å². The van der Waals surface area contributed by atoms with Crippen molar-refractivity contribution in [1.29, 1.82) is 0 Å². The summed E-state index contributed by atoms with van der Waals surface area (Å²) in [4.78, 5) is 0. The predicted molar refractivity (Wildman–Crippen MR) is 84.2 cm³/mol. The van der Waals surface area contributed by atoms with E-state index < -0.39 is 11.7 Å². The Kier molecular flexibility index (Phi) is 2.94. The average molecular weight is 312 g/mol. The summed E-state index contributed by atoms with van der Waals surface area (Å²) < 4.78 is 43.7. The summed E-state index contributed by atoms with van der Waals surface area (Å²) in [5.74, 6) is 0.560. The molecule has 4 aromatic rings. The fourth-order valence-electron chi connectivity index (χ4n) is 2.76. The minimum atomic E-state index is -4.33. The summed E-state index contributed by atoms with van der Waals surface area (Å²) in [6.45, 7) is 0. The van der Waals surface area contributed by atoms with Crippen LogP contribution in [-0.4, -0.2) is 0 Å². The summed E-state index contributed by atoms with van der Waals surface area (Å²) in [7, 11) is 0. The lowest BCUT2D eigenvalue weighted by Crippen LogP contribution is -2.03. The van der Waals surface area contributed by atoms with Gasteiger partial charge >= 0.3 is 6.18 Å². The second-order valence-electron chi connectivity index (χ2n) is 5.38. The quantitative estimate of drug-likeness (QED) is 0.403. The molecule has 0 unspecified atom stereocenters. The SMILES string of the molecule is FC(F)(F)c1ccc(-c2cc3c(ccc4ccccc43)o2)cc1. The number of fused-ring (bicyclic) bond motifs is 3. The van der Waals surface area contributed by atoms with E-state index in [-0.39, 0.29) is 0 Å². The molecule has 0 saturated carbocycles. The summed E-state index contributed by atoms with van der Waals surface area (Å²) in [6, 6.07) is 18.7. The van der Waals surface area contributed by atoms with Crippen LogP contribution in [0.3, 0.4) is 0 Å². The first-order valence-corrected chi connectivity index (χ1v) is 7.11. The summed E-state index contributed by atoms with van der Waals surface area (Å²) >= 11 is 0. The highest BCUT2D eigenvalue weighted by Gasteiger charge is 2.30. The molecule has 23 heavy (non-hydrogen) atoms. The molecular weight excluding hydrogens is 301 g/mol. The normalized spacial score (nSPS) is 12.1. The van der Waals surface area contributed by atoms with E-state index in [1.54, 1.807) is 0 Å². The van der Waals surface area contributed by atoms with Crippen LogP contribution < -0.4 is 0 Å². The Morgan fingerprint density at radius 2 is 1.48 bits per heavy atom. The largest absolute Gasteiger partial charge is 0.456 e. The zero-order chi connectivity index (χ0) is 16.0. The van der Waals surface area contributed by atoms with Crippen LogP contribution in [0.1, 0.15) is 5.56 Å². The highest BCUT2D eigenvalue weighted by Crippen LogP contribution is 2.34. The lowest BCUT2D eigenvalue weighted by atomic mass is 10.1. The zero-order valence-corrected chi connectivity index (χ0v) is 11.9. The number of alkyl halides is 3. The Bertz CT molecular complexity index is 995. The van der Waals surface area contributed by atoms with Crippen molar-refractivity contribution in [3.63, 3.8) is 0 Å². The highest BCUT2D eigenvalue weighted by molar-refractivity contribution is 6.06. The molecular formula is C19H11F3O.